The Labute approximate surface area is 107 Å². The van der Waals surface area contributed by atoms with Gasteiger partial charge in [-0.1, -0.05) is 6.92 Å². The second-order valence-corrected chi connectivity index (χ2v) is 4.71. The molecule has 18 heavy (non-hydrogen) atoms. The Morgan fingerprint density at radius 3 is 2.67 bits per heavy atom. The Morgan fingerprint density at radius 2 is 2.11 bits per heavy atom. The van der Waals surface area contributed by atoms with Crippen molar-refractivity contribution in [1.29, 1.82) is 0 Å². The van der Waals surface area contributed by atoms with E-state index < -0.39 is 5.97 Å². The predicted molar refractivity (Wildman–Crippen MR) is 68.7 cm³/mol. The molecule has 0 aliphatic carbocycles. The maximum absolute atomic E-state index is 10.9. The van der Waals surface area contributed by atoms with Crippen molar-refractivity contribution < 1.29 is 9.90 Å². The molecule has 0 spiro atoms. The van der Waals surface area contributed by atoms with Crippen molar-refractivity contribution in [2.24, 2.45) is 5.92 Å². The van der Waals surface area contributed by atoms with Crippen LogP contribution in [-0.2, 0) is 11.2 Å². The molecule has 0 unspecified atom stereocenters. The number of aryl methyl sites for hydroxylation is 1. The number of carboxylic acid groups (broad SMARTS) is 1. The standard InChI is InChI=1S/C13H19N3O2/c1-3-11-9(2)14-8-15-12(11)16-6-4-10(5-7-16)13(17)18/h8,10H,3-7H2,1-2H3,(H,17,18). The molecule has 1 aromatic rings. The lowest BCUT2D eigenvalue weighted by Gasteiger charge is -2.32. The number of aromatic nitrogens is 2. The zero-order valence-electron chi connectivity index (χ0n) is 10.9. The number of anilines is 1. The highest BCUT2D eigenvalue weighted by Gasteiger charge is 2.26. The zero-order valence-corrected chi connectivity index (χ0v) is 10.9. The number of hydrogen-bond donors (Lipinski definition) is 1. The molecule has 2 rings (SSSR count). The first-order valence-corrected chi connectivity index (χ1v) is 6.41. The molecule has 1 N–H and O–H groups in total. The second-order valence-electron chi connectivity index (χ2n) is 4.71. The third-order valence-corrected chi connectivity index (χ3v) is 3.64. The Morgan fingerprint density at radius 1 is 1.44 bits per heavy atom. The fourth-order valence-corrected chi connectivity index (χ4v) is 2.51. The average Bonchev–Trinajstić information content (AvgIpc) is 2.38. The molecule has 1 aliphatic heterocycles. The van der Waals surface area contributed by atoms with Crippen LogP contribution in [0, 0.1) is 12.8 Å². The Balaban J connectivity index is 2.14. The van der Waals surface area contributed by atoms with E-state index in [0.29, 0.717) is 12.8 Å². The molecule has 5 nitrogen and oxygen atoms in total. The van der Waals surface area contributed by atoms with Crippen LogP contribution in [0.3, 0.4) is 0 Å². The largest absolute Gasteiger partial charge is 0.481 e. The van der Waals surface area contributed by atoms with E-state index in [0.717, 1.165) is 31.0 Å². The normalized spacial score (nSPS) is 16.9. The molecule has 98 valence electrons. The summed E-state index contributed by atoms with van der Waals surface area (Å²) in [5.74, 6) is 0.104. The van der Waals surface area contributed by atoms with Crippen LogP contribution in [0.15, 0.2) is 6.33 Å². The van der Waals surface area contributed by atoms with Crippen molar-refractivity contribution in [1.82, 2.24) is 9.97 Å². The molecule has 2 heterocycles. The van der Waals surface area contributed by atoms with Gasteiger partial charge in [0.1, 0.15) is 12.1 Å². The number of aliphatic carboxylic acids is 1. The number of carboxylic acids is 1. The summed E-state index contributed by atoms with van der Waals surface area (Å²) >= 11 is 0. The van der Waals surface area contributed by atoms with Gasteiger partial charge < -0.3 is 10.0 Å². The molecule has 0 amide bonds. The molecule has 0 aromatic carbocycles. The summed E-state index contributed by atoms with van der Waals surface area (Å²) in [6.07, 6.45) is 3.89. The summed E-state index contributed by atoms with van der Waals surface area (Å²) in [4.78, 5) is 21.7. The minimum absolute atomic E-state index is 0.200. The van der Waals surface area contributed by atoms with Gasteiger partial charge in [-0.15, -0.1) is 0 Å². The van der Waals surface area contributed by atoms with Crippen LogP contribution in [0.25, 0.3) is 0 Å². The maximum Gasteiger partial charge on any atom is 0.306 e. The van der Waals surface area contributed by atoms with Gasteiger partial charge in [0, 0.05) is 24.3 Å². The topological polar surface area (TPSA) is 66.3 Å². The molecule has 0 atom stereocenters. The number of carbonyl (C=O) groups is 1. The van der Waals surface area contributed by atoms with Crippen LogP contribution < -0.4 is 4.90 Å². The van der Waals surface area contributed by atoms with E-state index in [-0.39, 0.29) is 5.92 Å². The Bertz CT molecular complexity index is 440. The average molecular weight is 249 g/mol. The van der Waals surface area contributed by atoms with Crippen LogP contribution in [-0.4, -0.2) is 34.1 Å². The van der Waals surface area contributed by atoms with Crippen LogP contribution in [0.2, 0.25) is 0 Å². The van der Waals surface area contributed by atoms with Gasteiger partial charge in [-0.25, -0.2) is 9.97 Å². The molecule has 0 radical (unpaired) electrons. The predicted octanol–water partition coefficient (Wildman–Crippen LogP) is 1.65. The smallest absolute Gasteiger partial charge is 0.306 e. The van der Waals surface area contributed by atoms with Crippen LogP contribution in [0.4, 0.5) is 5.82 Å². The van der Waals surface area contributed by atoms with Gasteiger partial charge in [-0.3, -0.25) is 4.79 Å². The third kappa shape index (κ3) is 2.44. The van der Waals surface area contributed by atoms with Crippen molar-refractivity contribution in [3.8, 4) is 0 Å². The van der Waals surface area contributed by atoms with E-state index in [1.165, 1.54) is 5.56 Å². The SMILES string of the molecule is CCc1c(C)ncnc1N1CCC(C(=O)O)CC1. The minimum atomic E-state index is -0.677. The first-order chi connectivity index (χ1) is 8.63. The van der Waals surface area contributed by atoms with Crippen LogP contribution in [0.5, 0.6) is 0 Å². The van der Waals surface area contributed by atoms with Crippen molar-refractivity contribution in [2.75, 3.05) is 18.0 Å². The fraction of sp³-hybridized carbons (Fsp3) is 0.615. The van der Waals surface area contributed by atoms with Gasteiger partial charge in [0.2, 0.25) is 0 Å². The van der Waals surface area contributed by atoms with Gasteiger partial charge in [0.15, 0.2) is 0 Å². The molecular weight excluding hydrogens is 230 g/mol. The van der Waals surface area contributed by atoms with Gasteiger partial charge in [0.25, 0.3) is 0 Å². The highest BCUT2D eigenvalue weighted by atomic mass is 16.4. The van der Waals surface area contributed by atoms with Crippen molar-refractivity contribution in [3.05, 3.63) is 17.6 Å². The van der Waals surface area contributed by atoms with E-state index in [4.69, 9.17) is 5.11 Å². The van der Waals surface area contributed by atoms with Gasteiger partial charge in [-0.2, -0.15) is 0 Å². The fourth-order valence-electron chi connectivity index (χ4n) is 2.51. The first-order valence-electron chi connectivity index (χ1n) is 6.41. The number of piperidine rings is 1. The Kier molecular flexibility index (Phi) is 3.79. The summed E-state index contributed by atoms with van der Waals surface area (Å²) in [6.45, 7) is 5.62. The molecule has 1 aromatic heterocycles. The van der Waals surface area contributed by atoms with Gasteiger partial charge >= 0.3 is 5.97 Å². The summed E-state index contributed by atoms with van der Waals surface area (Å²) < 4.78 is 0. The second kappa shape index (κ2) is 5.33. The molecule has 1 saturated heterocycles. The molecule has 5 heteroatoms. The van der Waals surface area contributed by atoms with Crippen molar-refractivity contribution >= 4 is 11.8 Å². The van der Waals surface area contributed by atoms with E-state index in [1.54, 1.807) is 6.33 Å². The Hall–Kier alpha value is -1.65. The third-order valence-electron chi connectivity index (χ3n) is 3.64. The minimum Gasteiger partial charge on any atom is -0.481 e. The summed E-state index contributed by atoms with van der Waals surface area (Å²) in [5, 5.41) is 9.00. The summed E-state index contributed by atoms with van der Waals surface area (Å²) in [7, 11) is 0. The quantitative estimate of drug-likeness (QED) is 0.882. The monoisotopic (exact) mass is 249 g/mol. The number of rotatable bonds is 3. The molecular formula is C13H19N3O2. The van der Waals surface area contributed by atoms with E-state index in [9.17, 15) is 4.79 Å². The number of nitrogens with zero attached hydrogens (tertiary/aromatic N) is 3. The van der Waals surface area contributed by atoms with Gasteiger partial charge in [-0.05, 0) is 26.2 Å². The van der Waals surface area contributed by atoms with Crippen molar-refractivity contribution in [2.45, 2.75) is 33.1 Å². The lowest BCUT2D eigenvalue weighted by Crippen LogP contribution is -2.37. The summed E-state index contributed by atoms with van der Waals surface area (Å²) in [6, 6.07) is 0. The van der Waals surface area contributed by atoms with Gasteiger partial charge in [0.05, 0.1) is 5.92 Å². The lowest BCUT2D eigenvalue weighted by atomic mass is 9.96. The lowest BCUT2D eigenvalue weighted by molar-refractivity contribution is -0.142. The maximum atomic E-state index is 10.9. The summed E-state index contributed by atoms with van der Waals surface area (Å²) in [5.41, 5.74) is 2.19. The molecule has 0 bridgehead atoms. The molecule has 1 aliphatic rings. The molecule has 0 saturated carbocycles. The zero-order chi connectivity index (χ0) is 13.1. The van der Waals surface area contributed by atoms with E-state index >= 15 is 0 Å². The van der Waals surface area contributed by atoms with Crippen LogP contribution in [0.1, 0.15) is 31.0 Å². The molecule has 1 fully saturated rings. The first kappa shape index (κ1) is 12.8. The highest BCUT2D eigenvalue weighted by molar-refractivity contribution is 5.70. The van der Waals surface area contributed by atoms with E-state index in [1.807, 2.05) is 6.92 Å². The number of hydrogen-bond acceptors (Lipinski definition) is 4. The highest BCUT2D eigenvalue weighted by Crippen LogP contribution is 2.25. The van der Waals surface area contributed by atoms with Crippen LogP contribution >= 0.6 is 0 Å². The van der Waals surface area contributed by atoms with Crippen molar-refractivity contribution in [3.63, 3.8) is 0 Å². The van der Waals surface area contributed by atoms with E-state index in [2.05, 4.69) is 21.8 Å².